The van der Waals surface area contributed by atoms with E-state index in [2.05, 4.69) is 11.4 Å². The molecular weight excluding hydrogens is 226 g/mol. The molecule has 1 amide bonds. The molecule has 2 N–H and O–H groups in total. The number of benzene rings is 1. The minimum Gasteiger partial charge on any atom is -0.393 e. The fourth-order valence-corrected chi connectivity index (χ4v) is 2.04. The second kappa shape index (κ2) is 7.17. The molecule has 3 heteroatoms. The average Bonchev–Trinajstić information content (AvgIpc) is 2.25. The lowest BCUT2D eigenvalue weighted by molar-refractivity contribution is -0.121. The Morgan fingerprint density at radius 2 is 2.11 bits per heavy atom. The van der Waals surface area contributed by atoms with Crippen LogP contribution in [0.4, 0.5) is 0 Å². The molecule has 0 aliphatic heterocycles. The Morgan fingerprint density at radius 1 is 1.39 bits per heavy atom. The van der Waals surface area contributed by atoms with Crippen molar-refractivity contribution in [1.82, 2.24) is 5.32 Å². The molecule has 0 saturated heterocycles. The van der Waals surface area contributed by atoms with E-state index in [0.717, 1.165) is 6.42 Å². The average molecular weight is 249 g/mol. The van der Waals surface area contributed by atoms with Gasteiger partial charge in [0.05, 0.1) is 6.10 Å². The first-order valence-electron chi connectivity index (χ1n) is 6.50. The summed E-state index contributed by atoms with van der Waals surface area (Å²) in [5.74, 6) is 0.0460. The van der Waals surface area contributed by atoms with Crippen LogP contribution in [0, 0.1) is 6.92 Å². The first-order valence-corrected chi connectivity index (χ1v) is 6.50. The molecule has 0 heterocycles. The molecular formula is C15H23NO2. The van der Waals surface area contributed by atoms with Gasteiger partial charge in [-0.1, -0.05) is 29.8 Å². The summed E-state index contributed by atoms with van der Waals surface area (Å²) >= 11 is 0. The molecule has 0 fully saturated rings. The zero-order chi connectivity index (χ0) is 13.5. The standard InChI is InChI=1S/C15H23NO2/c1-11-5-4-6-14(9-11)7-8-15(18)16-12(2)10-13(3)17/h4-6,9,12-13,17H,7-8,10H2,1-3H3,(H,16,18). The lowest BCUT2D eigenvalue weighted by Crippen LogP contribution is -2.34. The Morgan fingerprint density at radius 3 is 2.72 bits per heavy atom. The lowest BCUT2D eigenvalue weighted by atomic mass is 10.1. The van der Waals surface area contributed by atoms with Crippen LogP contribution in [0.2, 0.25) is 0 Å². The highest BCUT2D eigenvalue weighted by Gasteiger charge is 2.09. The minimum atomic E-state index is -0.378. The third-order valence-corrected chi connectivity index (χ3v) is 2.83. The summed E-state index contributed by atoms with van der Waals surface area (Å²) in [5.41, 5.74) is 2.41. The van der Waals surface area contributed by atoms with Gasteiger partial charge in [-0.3, -0.25) is 4.79 Å². The maximum absolute atomic E-state index is 11.7. The van der Waals surface area contributed by atoms with Crippen LogP contribution in [0.3, 0.4) is 0 Å². The van der Waals surface area contributed by atoms with Gasteiger partial charge in [0.2, 0.25) is 5.91 Å². The van der Waals surface area contributed by atoms with Crippen molar-refractivity contribution in [2.24, 2.45) is 0 Å². The lowest BCUT2D eigenvalue weighted by Gasteiger charge is -2.15. The normalized spacial score (nSPS) is 14.0. The number of aliphatic hydroxyl groups is 1. The second-order valence-electron chi connectivity index (χ2n) is 5.04. The van der Waals surface area contributed by atoms with Crippen LogP contribution in [0.1, 0.15) is 37.8 Å². The molecule has 0 bridgehead atoms. The van der Waals surface area contributed by atoms with Gasteiger partial charge in [-0.05, 0) is 39.2 Å². The molecule has 2 atom stereocenters. The highest BCUT2D eigenvalue weighted by atomic mass is 16.3. The van der Waals surface area contributed by atoms with Crippen LogP contribution in [-0.2, 0) is 11.2 Å². The smallest absolute Gasteiger partial charge is 0.220 e. The Bertz CT molecular complexity index is 388. The minimum absolute atomic E-state index is 0.0232. The zero-order valence-electron chi connectivity index (χ0n) is 11.4. The number of hydrogen-bond donors (Lipinski definition) is 2. The van der Waals surface area contributed by atoms with Crippen molar-refractivity contribution < 1.29 is 9.90 Å². The van der Waals surface area contributed by atoms with Crippen molar-refractivity contribution in [2.75, 3.05) is 0 Å². The first-order chi connectivity index (χ1) is 8.47. The van der Waals surface area contributed by atoms with Crippen LogP contribution in [0.15, 0.2) is 24.3 Å². The summed E-state index contributed by atoms with van der Waals surface area (Å²) < 4.78 is 0. The van der Waals surface area contributed by atoms with Crippen LogP contribution in [0.5, 0.6) is 0 Å². The first kappa shape index (κ1) is 14.7. The predicted molar refractivity (Wildman–Crippen MR) is 73.4 cm³/mol. The van der Waals surface area contributed by atoms with E-state index in [4.69, 9.17) is 0 Å². The summed E-state index contributed by atoms with van der Waals surface area (Å²) in [4.78, 5) is 11.7. The van der Waals surface area contributed by atoms with Gasteiger partial charge < -0.3 is 10.4 Å². The molecule has 3 nitrogen and oxygen atoms in total. The van der Waals surface area contributed by atoms with Gasteiger partial charge in [0, 0.05) is 12.5 Å². The summed E-state index contributed by atoms with van der Waals surface area (Å²) in [7, 11) is 0. The third kappa shape index (κ3) is 5.82. The summed E-state index contributed by atoms with van der Waals surface area (Å²) in [6.45, 7) is 5.70. The maximum Gasteiger partial charge on any atom is 0.220 e. The fraction of sp³-hybridized carbons (Fsp3) is 0.533. The number of carbonyl (C=O) groups is 1. The van der Waals surface area contributed by atoms with E-state index in [-0.39, 0.29) is 18.1 Å². The van der Waals surface area contributed by atoms with Crippen molar-refractivity contribution in [3.63, 3.8) is 0 Å². The van der Waals surface area contributed by atoms with E-state index in [1.54, 1.807) is 6.92 Å². The number of rotatable bonds is 6. The molecule has 0 aliphatic rings. The van der Waals surface area contributed by atoms with Crippen LogP contribution < -0.4 is 5.32 Å². The van der Waals surface area contributed by atoms with E-state index in [9.17, 15) is 9.90 Å². The van der Waals surface area contributed by atoms with E-state index < -0.39 is 0 Å². The maximum atomic E-state index is 11.7. The molecule has 0 aromatic heterocycles. The highest BCUT2D eigenvalue weighted by Crippen LogP contribution is 2.07. The van der Waals surface area contributed by atoms with Crippen molar-refractivity contribution in [3.05, 3.63) is 35.4 Å². The molecule has 2 unspecified atom stereocenters. The molecule has 100 valence electrons. The molecule has 0 spiro atoms. The third-order valence-electron chi connectivity index (χ3n) is 2.83. The van der Waals surface area contributed by atoms with Crippen LogP contribution in [0.25, 0.3) is 0 Å². The second-order valence-corrected chi connectivity index (χ2v) is 5.04. The quantitative estimate of drug-likeness (QED) is 0.812. The van der Waals surface area contributed by atoms with E-state index in [1.165, 1.54) is 11.1 Å². The van der Waals surface area contributed by atoms with E-state index in [1.807, 2.05) is 32.0 Å². The molecule has 1 aromatic rings. The number of aliphatic hydroxyl groups excluding tert-OH is 1. The molecule has 1 rings (SSSR count). The van der Waals surface area contributed by atoms with Crippen LogP contribution >= 0.6 is 0 Å². The van der Waals surface area contributed by atoms with Crippen molar-refractivity contribution in [3.8, 4) is 0 Å². The van der Waals surface area contributed by atoms with Gasteiger partial charge in [0.25, 0.3) is 0 Å². The van der Waals surface area contributed by atoms with Gasteiger partial charge >= 0.3 is 0 Å². The van der Waals surface area contributed by atoms with Gasteiger partial charge in [-0.25, -0.2) is 0 Å². The van der Waals surface area contributed by atoms with Gasteiger partial charge in [-0.2, -0.15) is 0 Å². The molecule has 0 radical (unpaired) electrons. The monoisotopic (exact) mass is 249 g/mol. The number of amides is 1. The topological polar surface area (TPSA) is 49.3 Å². The largest absolute Gasteiger partial charge is 0.393 e. The molecule has 0 aliphatic carbocycles. The van der Waals surface area contributed by atoms with Gasteiger partial charge in [-0.15, -0.1) is 0 Å². The number of hydrogen-bond acceptors (Lipinski definition) is 2. The van der Waals surface area contributed by atoms with Gasteiger partial charge in [0.1, 0.15) is 0 Å². The number of nitrogens with one attached hydrogen (secondary N) is 1. The molecule has 1 aromatic carbocycles. The number of aryl methyl sites for hydroxylation is 2. The van der Waals surface area contributed by atoms with Crippen molar-refractivity contribution in [1.29, 1.82) is 0 Å². The van der Waals surface area contributed by atoms with E-state index in [0.29, 0.717) is 12.8 Å². The van der Waals surface area contributed by atoms with Crippen molar-refractivity contribution >= 4 is 5.91 Å². The fourth-order valence-electron chi connectivity index (χ4n) is 2.04. The summed E-state index contributed by atoms with van der Waals surface area (Å²) in [6, 6.07) is 8.23. The zero-order valence-corrected chi connectivity index (χ0v) is 11.4. The Hall–Kier alpha value is -1.35. The van der Waals surface area contributed by atoms with Gasteiger partial charge in [0.15, 0.2) is 0 Å². The Balaban J connectivity index is 2.33. The predicted octanol–water partition coefficient (Wildman–Crippen LogP) is 2.20. The Kier molecular flexibility index (Phi) is 5.86. The summed E-state index contributed by atoms with van der Waals surface area (Å²) in [5, 5.41) is 12.1. The van der Waals surface area contributed by atoms with E-state index >= 15 is 0 Å². The Labute approximate surface area is 109 Å². The SMILES string of the molecule is Cc1cccc(CCC(=O)NC(C)CC(C)O)c1. The van der Waals surface area contributed by atoms with Crippen LogP contribution in [-0.4, -0.2) is 23.2 Å². The summed E-state index contributed by atoms with van der Waals surface area (Å²) in [6.07, 6.45) is 1.47. The molecule has 18 heavy (non-hydrogen) atoms. The molecule has 0 saturated carbocycles. The van der Waals surface area contributed by atoms with Crippen molar-refractivity contribution in [2.45, 2.75) is 52.2 Å². The highest BCUT2D eigenvalue weighted by molar-refractivity contribution is 5.76. The number of carbonyl (C=O) groups excluding carboxylic acids is 1.